The van der Waals surface area contributed by atoms with Crippen molar-refractivity contribution in [3.63, 3.8) is 0 Å². The number of aliphatic hydroxyl groups excluding tert-OH is 1. The number of rotatable bonds is 2. The van der Waals surface area contributed by atoms with Crippen molar-refractivity contribution in [3.05, 3.63) is 0 Å². The van der Waals surface area contributed by atoms with Crippen LogP contribution in [0.4, 0.5) is 0 Å². The molecule has 1 aliphatic heterocycles. The summed E-state index contributed by atoms with van der Waals surface area (Å²) in [6.07, 6.45) is -0.367. The Bertz CT molecular complexity index is 247. The minimum Gasteiger partial charge on any atom is -0.480 e. The number of carbonyl (C=O) groups is 1. The molecule has 0 amide bonds. The van der Waals surface area contributed by atoms with Crippen LogP contribution in [-0.4, -0.2) is 51.4 Å². The van der Waals surface area contributed by atoms with E-state index in [4.69, 9.17) is 17.3 Å². The highest BCUT2D eigenvalue weighted by molar-refractivity contribution is 7.80. The molecule has 1 rings (SSSR count). The van der Waals surface area contributed by atoms with Gasteiger partial charge in [-0.2, -0.15) is 0 Å². The van der Waals surface area contributed by atoms with Gasteiger partial charge in [-0.05, 0) is 19.1 Å². The van der Waals surface area contributed by atoms with E-state index in [-0.39, 0.29) is 6.42 Å². The first-order valence-electron chi connectivity index (χ1n) is 4.51. The molecule has 0 aliphatic carbocycles. The van der Waals surface area contributed by atoms with Crippen LogP contribution in [0.2, 0.25) is 0 Å². The molecule has 80 valence electrons. The van der Waals surface area contributed by atoms with E-state index >= 15 is 0 Å². The van der Waals surface area contributed by atoms with Crippen molar-refractivity contribution >= 4 is 23.3 Å². The first-order valence-corrected chi connectivity index (χ1v) is 4.92. The fourth-order valence-electron chi connectivity index (χ4n) is 1.53. The van der Waals surface area contributed by atoms with Gasteiger partial charge < -0.3 is 20.4 Å². The number of β-amino-alcohol motifs (C(OH)–C–C–N with tert-alkyl or cyclic N) is 1. The fraction of sp³-hybridized carbons (Fsp3) is 0.750. The Balaban J connectivity index is 2.66. The van der Waals surface area contributed by atoms with Gasteiger partial charge in [0.1, 0.15) is 6.04 Å². The van der Waals surface area contributed by atoms with E-state index in [2.05, 4.69) is 5.32 Å². The molecule has 1 heterocycles. The number of aliphatic hydroxyl groups is 1. The maximum atomic E-state index is 10.8. The molecule has 1 saturated heterocycles. The van der Waals surface area contributed by atoms with Crippen LogP contribution in [-0.2, 0) is 4.79 Å². The van der Waals surface area contributed by atoms with Crippen LogP contribution >= 0.6 is 12.2 Å². The summed E-state index contributed by atoms with van der Waals surface area (Å²) < 4.78 is 0. The molecule has 0 aromatic carbocycles. The molecule has 2 atom stereocenters. The highest BCUT2D eigenvalue weighted by Crippen LogP contribution is 2.18. The molecule has 0 aromatic heterocycles. The van der Waals surface area contributed by atoms with Crippen molar-refractivity contribution in [2.45, 2.75) is 25.5 Å². The summed E-state index contributed by atoms with van der Waals surface area (Å²) in [4.78, 5) is 12.3. The van der Waals surface area contributed by atoms with Crippen LogP contribution in [0.25, 0.3) is 0 Å². The standard InChI is InChI=1S/C8H14N2O3S/c1-2-9-8(14)10-4-5(11)3-6(10)7(12)13/h5-6,11H,2-4H2,1H3,(H,9,14)(H,12,13)/t5-,6?/m1/s1. The SMILES string of the molecule is CCNC(=S)N1C[C@H](O)CC1C(=O)O. The van der Waals surface area contributed by atoms with Crippen molar-refractivity contribution in [1.29, 1.82) is 0 Å². The Hall–Kier alpha value is -0.880. The lowest BCUT2D eigenvalue weighted by atomic mass is 10.2. The van der Waals surface area contributed by atoms with Crippen molar-refractivity contribution < 1.29 is 15.0 Å². The van der Waals surface area contributed by atoms with Gasteiger partial charge in [-0.25, -0.2) is 4.79 Å². The number of hydrogen-bond acceptors (Lipinski definition) is 3. The van der Waals surface area contributed by atoms with Gasteiger partial charge in [0, 0.05) is 19.5 Å². The zero-order valence-corrected chi connectivity index (χ0v) is 8.75. The number of carboxylic acids is 1. The van der Waals surface area contributed by atoms with Crippen LogP contribution < -0.4 is 5.32 Å². The second-order valence-corrected chi connectivity index (χ2v) is 3.62. The van der Waals surface area contributed by atoms with E-state index in [1.54, 1.807) is 0 Å². The van der Waals surface area contributed by atoms with E-state index in [9.17, 15) is 9.90 Å². The van der Waals surface area contributed by atoms with Crippen LogP contribution in [0.15, 0.2) is 0 Å². The van der Waals surface area contributed by atoms with E-state index in [1.807, 2.05) is 6.92 Å². The summed E-state index contributed by atoms with van der Waals surface area (Å²) in [5, 5.41) is 21.5. The Kier molecular flexibility index (Phi) is 3.65. The molecule has 14 heavy (non-hydrogen) atoms. The second-order valence-electron chi connectivity index (χ2n) is 3.23. The number of thiocarbonyl (C=S) groups is 1. The number of carboxylic acid groups (broad SMARTS) is 1. The number of nitrogens with one attached hydrogen (secondary N) is 1. The average molecular weight is 218 g/mol. The van der Waals surface area contributed by atoms with Crippen LogP contribution in [0.3, 0.4) is 0 Å². The van der Waals surface area contributed by atoms with Crippen molar-refractivity contribution in [1.82, 2.24) is 10.2 Å². The van der Waals surface area contributed by atoms with E-state index in [0.29, 0.717) is 18.2 Å². The van der Waals surface area contributed by atoms with E-state index < -0.39 is 18.1 Å². The molecule has 5 nitrogen and oxygen atoms in total. The van der Waals surface area contributed by atoms with Gasteiger partial charge in [-0.15, -0.1) is 0 Å². The summed E-state index contributed by atoms with van der Waals surface area (Å²) >= 11 is 5.00. The lowest BCUT2D eigenvalue weighted by Gasteiger charge is -2.23. The molecule has 1 fully saturated rings. The highest BCUT2D eigenvalue weighted by Gasteiger charge is 2.37. The minimum atomic E-state index is -0.943. The lowest BCUT2D eigenvalue weighted by molar-refractivity contribution is -0.141. The molecule has 1 aliphatic rings. The predicted octanol–water partition coefficient (Wildman–Crippen LogP) is -0.599. The van der Waals surface area contributed by atoms with Crippen LogP contribution in [0.1, 0.15) is 13.3 Å². The van der Waals surface area contributed by atoms with Crippen molar-refractivity contribution in [2.24, 2.45) is 0 Å². The normalized spacial score (nSPS) is 26.3. The predicted molar refractivity (Wildman–Crippen MR) is 55.0 cm³/mol. The van der Waals surface area contributed by atoms with Gasteiger partial charge in [-0.3, -0.25) is 0 Å². The smallest absolute Gasteiger partial charge is 0.326 e. The summed E-state index contributed by atoms with van der Waals surface area (Å²) in [6, 6.07) is -0.698. The summed E-state index contributed by atoms with van der Waals surface area (Å²) in [6.45, 7) is 2.83. The van der Waals surface area contributed by atoms with Gasteiger partial charge >= 0.3 is 5.97 Å². The van der Waals surface area contributed by atoms with Crippen LogP contribution in [0, 0.1) is 0 Å². The average Bonchev–Trinajstić information content (AvgIpc) is 2.48. The first kappa shape index (κ1) is 11.2. The number of likely N-dealkylation sites (tertiary alicyclic amines) is 1. The van der Waals surface area contributed by atoms with Gasteiger partial charge in [0.15, 0.2) is 5.11 Å². The molecule has 1 unspecified atom stereocenters. The van der Waals surface area contributed by atoms with Crippen molar-refractivity contribution in [3.8, 4) is 0 Å². The molecular formula is C8H14N2O3S. The third-order valence-corrected chi connectivity index (χ3v) is 2.53. The minimum absolute atomic E-state index is 0.237. The molecule has 0 bridgehead atoms. The van der Waals surface area contributed by atoms with Gasteiger partial charge in [-0.1, -0.05) is 0 Å². The Morgan fingerprint density at radius 2 is 2.36 bits per heavy atom. The van der Waals surface area contributed by atoms with Crippen LogP contribution in [0.5, 0.6) is 0 Å². The Morgan fingerprint density at radius 1 is 1.71 bits per heavy atom. The number of nitrogens with zero attached hydrogens (tertiary/aromatic N) is 1. The maximum absolute atomic E-state index is 10.8. The van der Waals surface area contributed by atoms with Gasteiger partial charge in [0.05, 0.1) is 6.10 Å². The molecule has 0 radical (unpaired) electrons. The van der Waals surface area contributed by atoms with E-state index in [1.165, 1.54) is 4.90 Å². The molecule has 0 spiro atoms. The zero-order chi connectivity index (χ0) is 10.7. The maximum Gasteiger partial charge on any atom is 0.326 e. The Morgan fingerprint density at radius 3 is 2.86 bits per heavy atom. The van der Waals surface area contributed by atoms with Gasteiger partial charge in [0.25, 0.3) is 0 Å². The third-order valence-electron chi connectivity index (χ3n) is 2.15. The van der Waals surface area contributed by atoms with E-state index in [0.717, 1.165) is 0 Å². The van der Waals surface area contributed by atoms with Gasteiger partial charge in [0.2, 0.25) is 0 Å². The molecule has 3 N–H and O–H groups in total. The zero-order valence-electron chi connectivity index (χ0n) is 7.93. The Labute approximate surface area is 87.7 Å². The highest BCUT2D eigenvalue weighted by atomic mass is 32.1. The molecule has 0 saturated carbocycles. The molecule has 6 heteroatoms. The molecule has 0 aromatic rings. The third kappa shape index (κ3) is 2.33. The quantitative estimate of drug-likeness (QED) is 0.538. The monoisotopic (exact) mass is 218 g/mol. The summed E-state index contributed by atoms with van der Waals surface area (Å²) in [7, 11) is 0. The largest absolute Gasteiger partial charge is 0.480 e. The topological polar surface area (TPSA) is 72.8 Å². The summed E-state index contributed by atoms with van der Waals surface area (Å²) in [5.41, 5.74) is 0. The van der Waals surface area contributed by atoms with Crippen molar-refractivity contribution in [2.75, 3.05) is 13.1 Å². The fourth-order valence-corrected chi connectivity index (χ4v) is 1.87. The molecular weight excluding hydrogens is 204 g/mol. The first-order chi connectivity index (χ1) is 6.56. The summed E-state index contributed by atoms with van der Waals surface area (Å²) in [5.74, 6) is -0.943. The second kappa shape index (κ2) is 4.56. The number of hydrogen-bond donors (Lipinski definition) is 3. The lowest BCUT2D eigenvalue weighted by Crippen LogP contribution is -2.45. The number of aliphatic carboxylic acids is 1.